The molecule has 1 saturated heterocycles. The molecule has 0 atom stereocenters. The lowest BCUT2D eigenvalue weighted by Gasteiger charge is -2.30. The predicted molar refractivity (Wildman–Crippen MR) is 111 cm³/mol. The van der Waals surface area contributed by atoms with Gasteiger partial charge in [0.1, 0.15) is 11.6 Å². The molecule has 0 spiro atoms. The highest BCUT2D eigenvalue weighted by molar-refractivity contribution is 7.89. The molecule has 0 amide bonds. The monoisotopic (exact) mass is 449 g/mol. The number of benzene rings is 2. The molecule has 0 aromatic heterocycles. The lowest BCUT2D eigenvalue weighted by atomic mass is 9.98. The van der Waals surface area contributed by atoms with Crippen LogP contribution in [0, 0.1) is 11.7 Å². The normalized spacial score (nSPS) is 15.4. The largest absolute Gasteiger partial charge is 0.494 e. The molecule has 2 aromatic carbocycles. The number of ether oxygens (including phenoxy) is 2. The van der Waals surface area contributed by atoms with E-state index >= 15 is 0 Å². The Kier molecular flexibility index (Phi) is 7.40. The number of rotatable bonds is 8. The summed E-state index contributed by atoms with van der Waals surface area (Å²) in [5.74, 6) is -1.30. The summed E-state index contributed by atoms with van der Waals surface area (Å²) < 4.78 is 50.4. The molecule has 0 aliphatic carbocycles. The van der Waals surface area contributed by atoms with Gasteiger partial charge in [0.25, 0.3) is 0 Å². The minimum atomic E-state index is -3.67. The van der Waals surface area contributed by atoms with E-state index in [0.717, 1.165) is 12.1 Å². The second-order valence-electron chi connectivity index (χ2n) is 7.12. The zero-order valence-corrected chi connectivity index (χ0v) is 17.9. The standard InChI is InChI=1S/C22H24FNO6S/c1-2-29-19-7-9-20(10-8-19)31(27,28)24-13-11-17(12-14-24)22(26)30-15-21(25)16-3-5-18(23)6-4-16/h3-10,17H,2,11-15H2,1H3. The van der Waals surface area contributed by atoms with Crippen LogP contribution in [0.4, 0.5) is 4.39 Å². The molecule has 9 heteroatoms. The molecule has 7 nitrogen and oxygen atoms in total. The van der Waals surface area contributed by atoms with Gasteiger partial charge in [0, 0.05) is 18.7 Å². The highest BCUT2D eigenvalue weighted by Gasteiger charge is 2.33. The van der Waals surface area contributed by atoms with Gasteiger partial charge >= 0.3 is 5.97 Å². The van der Waals surface area contributed by atoms with Crippen molar-refractivity contribution in [1.29, 1.82) is 0 Å². The number of ketones is 1. The molecule has 0 unspecified atom stereocenters. The second kappa shape index (κ2) is 10.0. The molecule has 1 aliphatic rings. The van der Waals surface area contributed by atoms with Crippen molar-refractivity contribution in [3.05, 3.63) is 59.9 Å². The summed E-state index contributed by atoms with van der Waals surface area (Å²) >= 11 is 0. The van der Waals surface area contributed by atoms with Crippen LogP contribution in [0.3, 0.4) is 0 Å². The number of hydrogen-bond donors (Lipinski definition) is 0. The topological polar surface area (TPSA) is 90.0 Å². The van der Waals surface area contributed by atoms with Gasteiger partial charge in [-0.2, -0.15) is 4.31 Å². The molecular formula is C22H24FNO6S. The quantitative estimate of drug-likeness (QED) is 0.455. The third-order valence-electron chi connectivity index (χ3n) is 5.07. The number of halogens is 1. The van der Waals surface area contributed by atoms with E-state index in [1.807, 2.05) is 6.92 Å². The Labute approximate surface area is 180 Å². The van der Waals surface area contributed by atoms with E-state index < -0.39 is 40.1 Å². The van der Waals surface area contributed by atoms with Gasteiger partial charge < -0.3 is 9.47 Å². The Bertz CT molecular complexity index is 1010. The number of sulfonamides is 1. The number of carbonyl (C=O) groups is 2. The first kappa shape index (κ1) is 22.9. The fraction of sp³-hybridized carbons (Fsp3) is 0.364. The minimum absolute atomic E-state index is 0.168. The van der Waals surface area contributed by atoms with E-state index in [0.29, 0.717) is 25.2 Å². The summed E-state index contributed by atoms with van der Waals surface area (Å²) in [4.78, 5) is 24.5. The fourth-order valence-corrected chi connectivity index (χ4v) is 4.80. The molecular weight excluding hydrogens is 425 g/mol. The lowest BCUT2D eigenvalue weighted by molar-refractivity contribution is -0.148. The molecule has 0 saturated carbocycles. The zero-order chi connectivity index (χ0) is 22.4. The molecule has 0 bridgehead atoms. The number of esters is 1. The molecule has 3 rings (SSSR count). The summed E-state index contributed by atoms with van der Waals surface area (Å²) in [5.41, 5.74) is 0.255. The third kappa shape index (κ3) is 5.68. The fourth-order valence-electron chi connectivity index (χ4n) is 3.33. The van der Waals surface area contributed by atoms with E-state index in [4.69, 9.17) is 9.47 Å². The van der Waals surface area contributed by atoms with Crippen molar-refractivity contribution in [2.45, 2.75) is 24.7 Å². The number of carbonyl (C=O) groups excluding carboxylic acids is 2. The van der Waals surface area contributed by atoms with E-state index in [-0.39, 0.29) is 23.5 Å². The molecule has 2 aromatic rings. The molecule has 1 heterocycles. The van der Waals surface area contributed by atoms with Gasteiger partial charge in [-0.25, -0.2) is 12.8 Å². The number of Topliss-reactive ketones (excluding diaryl/α,β-unsaturated/α-hetero) is 1. The van der Waals surface area contributed by atoms with E-state index in [1.54, 1.807) is 12.1 Å². The highest BCUT2D eigenvalue weighted by Crippen LogP contribution is 2.26. The van der Waals surface area contributed by atoms with Crippen LogP contribution in [0.2, 0.25) is 0 Å². The van der Waals surface area contributed by atoms with E-state index in [1.165, 1.54) is 28.6 Å². The van der Waals surface area contributed by atoms with Crippen LogP contribution in [0.25, 0.3) is 0 Å². The van der Waals surface area contributed by atoms with Crippen LogP contribution >= 0.6 is 0 Å². The number of piperidine rings is 1. The number of hydrogen-bond acceptors (Lipinski definition) is 6. The predicted octanol–water partition coefficient (Wildman–Crippen LogP) is 3.05. The van der Waals surface area contributed by atoms with Gasteiger partial charge in [-0.3, -0.25) is 9.59 Å². The lowest BCUT2D eigenvalue weighted by Crippen LogP contribution is -2.40. The Hall–Kier alpha value is -2.78. The van der Waals surface area contributed by atoms with Crippen LogP contribution in [0.5, 0.6) is 5.75 Å². The molecule has 1 fully saturated rings. The zero-order valence-electron chi connectivity index (χ0n) is 17.1. The van der Waals surface area contributed by atoms with Gasteiger partial charge in [0.2, 0.25) is 10.0 Å². The third-order valence-corrected chi connectivity index (χ3v) is 6.98. The van der Waals surface area contributed by atoms with Gasteiger partial charge in [0.15, 0.2) is 12.4 Å². The Balaban J connectivity index is 1.51. The highest BCUT2D eigenvalue weighted by atomic mass is 32.2. The van der Waals surface area contributed by atoms with Crippen molar-refractivity contribution in [1.82, 2.24) is 4.31 Å². The summed E-state index contributed by atoms with van der Waals surface area (Å²) in [5, 5.41) is 0. The van der Waals surface area contributed by atoms with Crippen molar-refractivity contribution in [3.8, 4) is 5.75 Å². The van der Waals surface area contributed by atoms with Crippen molar-refractivity contribution >= 4 is 21.8 Å². The summed E-state index contributed by atoms with van der Waals surface area (Å²) in [6, 6.07) is 11.2. The average molecular weight is 450 g/mol. The second-order valence-corrected chi connectivity index (χ2v) is 9.06. The van der Waals surface area contributed by atoms with Gasteiger partial charge in [-0.15, -0.1) is 0 Å². The van der Waals surface area contributed by atoms with E-state index in [2.05, 4.69) is 0 Å². The van der Waals surface area contributed by atoms with E-state index in [9.17, 15) is 22.4 Å². The van der Waals surface area contributed by atoms with Gasteiger partial charge in [0.05, 0.1) is 17.4 Å². The maximum atomic E-state index is 12.9. The molecule has 166 valence electrons. The van der Waals surface area contributed by atoms with Crippen molar-refractivity contribution in [2.75, 3.05) is 26.3 Å². The maximum Gasteiger partial charge on any atom is 0.309 e. The van der Waals surface area contributed by atoms with Crippen molar-refractivity contribution in [2.24, 2.45) is 5.92 Å². The summed E-state index contributed by atoms with van der Waals surface area (Å²) in [6.45, 7) is 2.27. The minimum Gasteiger partial charge on any atom is -0.494 e. The smallest absolute Gasteiger partial charge is 0.309 e. The first-order chi connectivity index (χ1) is 14.8. The Morgan fingerprint density at radius 2 is 1.65 bits per heavy atom. The Morgan fingerprint density at radius 1 is 1.03 bits per heavy atom. The van der Waals surface area contributed by atoms with Crippen LogP contribution in [-0.4, -0.2) is 50.8 Å². The SMILES string of the molecule is CCOc1ccc(S(=O)(=O)N2CCC(C(=O)OCC(=O)c3ccc(F)cc3)CC2)cc1. The molecule has 31 heavy (non-hydrogen) atoms. The van der Waals surface area contributed by atoms with Crippen LogP contribution in [-0.2, 0) is 19.6 Å². The van der Waals surface area contributed by atoms with Crippen molar-refractivity contribution < 1.29 is 31.9 Å². The molecule has 0 radical (unpaired) electrons. The van der Waals surface area contributed by atoms with Gasteiger partial charge in [-0.1, -0.05) is 0 Å². The van der Waals surface area contributed by atoms with Crippen LogP contribution < -0.4 is 4.74 Å². The average Bonchev–Trinajstić information content (AvgIpc) is 2.78. The van der Waals surface area contributed by atoms with Crippen LogP contribution in [0.15, 0.2) is 53.4 Å². The van der Waals surface area contributed by atoms with Gasteiger partial charge in [-0.05, 0) is 68.3 Å². The Morgan fingerprint density at radius 3 is 2.23 bits per heavy atom. The molecule has 0 N–H and O–H groups in total. The van der Waals surface area contributed by atoms with Crippen LogP contribution in [0.1, 0.15) is 30.1 Å². The summed E-state index contributed by atoms with van der Waals surface area (Å²) in [7, 11) is -3.67. The summed E-state index contributed by atoms with van der Waals surface area (Å²) in [6.07, 6.45) is 0.611. The van der Waals surface area contributed by atoms with Crippen molar-refractivity contribution in [3.63, 3.8) is 0 Å². The first-order valence-electron chi connectivity index (χ1n) is 9.99. The number of nitrogens with zero attached hydrogens (tertiary/aromatic N) is 1. The maximum absolute atomic E-state index is 12.9. The molecule has 1 aliphatic heterocycles. The first-order valence-corrected chi connectivity index (χ1v) is 11.4.